The second kappa shape index (κ2) is 6.49. The van der Waals surface area contributed by atoms with Crippen molar-refractivity contribution >= 4 is 17.7 Å². The quantitative estimate of drug-likeness (QED) is 0.605. The molecular weight excluding hydrogens is 265 g/mol. The average Bonchev–Trinajstić information content (AvgIpc) is 2.33. The third-order valence-corrected chi connectivity index (χ3v) is 2.88. The van der Waals surface area contributed by atoms with Crippen LogP contribution in [0.3, 0.4) is 0 Å². The normalized spacial score (nSPS) is 12.8. The molecule has 0 aromatic heterocycles. The van der Waals surface area contributed by atoms with E-state index in [0.717, 1.165) is 0 Å². The molecule has 0 radical (unpaired) electrons. The Morgan fingerprint density at radius 3 is 2.50 bits per heavy atom. The van der Waals surface area contributed by atoms with E-state index in [4.69, 9.17) is 0 Å². The van der Waals surface area contributed by atoms with Gasteiger partial charge in [-0.2, -0.15) is 13.2 Å². The van der Waals surface area contributed by atoms with Gasteiger partial charge in [0.1, 0.15) is 11.9 Å². The number of halogens is 3. The van der Waals surface area contributed by atoms with Gasteiger partial charge >= 0.3 is 11.5 Å². The van der Waals surface area contributed by atoms with E-state index in [1.807, 2.05) is 0 Å². The fraction of sp³-hybridized carbons (Fsp3) is 0.250. The molecule has 0 saturated carbocycles. The molecule has 0 aliphatic heterocycles. The van der Waals surface area contributed by atoms with E-state index in [-0.39, 0.29) is 12.2 Å². The van der Waals surface area contributed by atoms with Gasteiger partial charge in [0.2, 0.25) is 0 Å². The summed E-state index contributed by atoms with van der Waals surface area (Å²) in [6.45, 7) is 3.22. The molecule has 18 heavy (non-hydrogen) atoms. The molecule has 1 atom stereocenters. The number of ether oxygens (including phenoxy) is 1. The fourth-order valence-electron chi connectivity index (χ4n) is 1.23. The van der Waals surface area contributed by atoms with E-state index < -0.39 is 28.5 Å². The zero-order valence-electron chi connectivity index (χ0n) is 9.31. The number of hydrogen-bond donors (Lipinski definition) is 0. The molecule has 0 aliphatic rings. The number of esters is 1. The van der Waals surface area contributed by atoms with Gasteiger partial charge in [-0.25, -0.2) is 0 Å². The number of alkyl halides is 3. The van der Waals surface area contributed by atoms with Gasteiger partial charge in [0.25, 0.3) is 0 Å². The van der Waals surface area contributed by atoms with Gasteiger partial charge in [-0.1, -0.05) is 43.0 Å². The third-order valence-electron chi connectivity index (χ3n) is 1.91. The molecule has 1 aromatic rings. The lowest BCUT2D eigenvalue weighted by Gasteiger charge is -2.16. The van der Waals surface area contributed by atoms with E-state index in [1.54, 1.807) is 18.2 Å². The summed E-state index contributed by atoms with van der Waals surface area (Å²) in [5.41, 5.74) is -4.25. The fourth-order valence-corrected chi connectivity index (χ4v) is 1.96. The van der Waals surface area contributed by atoms with E-state index >= 15 is 0 Å². The first-order valence-corrected chi connectivity index (χ1v) is 5.89. The predicted molar refractivity (Wildman–Crippen MR) is 64.0 cm³/mol. The maximum absolute atomic E-state index is 12.4. The van der Waals surface area contributed by atoms with E-state index in [0.29, 0.717) is 0 Å². The third kappa shape index (κ3) is 4.83. The SMILES string of the molecule is C=CCOC(=O)C(SC(F)(F)F)c1ccccc1. The first kappa shape index (κ1) is 14.6. The van der Waals surface area contributed by atoms with Crippen molar-refractivity contribution in [3.05, 3.63) is 48.6 Å². The van der Waals surface area contributed by atoms with Crippen LogP contribution in [0, 0.1) is 0 Å². The minimum Gasteiger partial charge on any atom is -0.460 e. The minimum absolute atomic E-state index is 0.111. The smallest absolute Gasteiger partial charge is 0.442 e. The Balaban J connectivity index is 2.88. The molecular formula is C12H11F3O2S. The molecule has 0 aliphatic carbocycles. The summed E-state index contributed by atoms with van der Waals surface area (Å²) in [7, 11) is 0. The highest BCUT2D eigenvalue weighted by atomic mass is 32.2. The Kier molecular flexibility index (Phi) is 5.27. The Bertz CT molecular complexity index is 404. The number of hydrogen-bond acceptors (Lipinski definition) is 3. The van der Waals surface area contributed by atoms with Gasteiger partial charge < -0.3 is 4.74 Å². The van der Waals surface area contributed by atoms with Crippen LogP contribution >= 0.6 is 11.8 Å². The van der Waals surface area contributed by atoms with Crippen molar-refractivity contribution in [2.45, 2.75) is 10.8 Å². The zero-order valence-corrected chi connectivity index (χ0v) is 10.1. The van der Waals surface area contributed by atoms with Crippen molar-refractivity contribution in [2.24, 2.45) is 0 Å². The van der Waals surface area contributed by atoms with Crippen LogP contribution in [-0.2, 0) is 9.53 Å². The van der Waals surface area contributed by atoms with Crippen molar-refractivity contribution in [1.82, 2.24) is 0 Å². The van der Waals surface area contributed by atoms with Gasteiger partial charge in [-0.15, -0.1) is 0 Å². The molecule has 1 rings (SSSR count). The van der Waals surface area contributed by atoms with Crippen LogP contribution < -0.4 is 0 Å². The summed E-state index contributed by atoms with van der Waals surface area (Å²) in [6, 6.07) is 7.71. The van der Waals surface area contributed by atoms with Gasteiger partial charge in [-0.3, -0.25) is 4.79 Å². The van der Waals surface area contributed by atoms with Crippen LogP contribution in [-0.4, -0.2) is 18.1 Å². The summed E-state index contributed by atoms with van der Waals surface area (Å²) in [5, 5.41) is -1.41. The zero-order chi connectivity index (χ0) is 13.6. The largest absolute Gasteiger partial charge is 0.460 e. The number of benzene rings is 1. The number of rotatable bonds is 5. The van der Waals surface area contributed by atoms with Crippen molar-refractivity contribution in [1.29, 1.82) is 0 Å². The van der Waals surface area contributed by atoms with E-state index in [2.05, 4.69) is 11.3 Å². The van der Waals surface area contributed by atoms with E-state index in [9.17, 15) is 18.0 Å². The van der Waals surface area contributed by atoms with Crippen molar-refractivity contribution < 1.29 is 22.7 Å². The Morgan fingerprint density at radius 2 is 2.00 bits per heavy atom. The number of carbonyl (C=O) groups is 1. The monoisotopic (exact) mass is 276 g/mol. The van der Waals surface area contributed by atoms with Gasteiger partial charge in [0.05, 0.1) is 0 Å². The molecule has 0 bridgehead atoms. The molecule has 0 saturated heterocycles. The Labute approximate surface area is 107 Å². The lowest BCUT2D eigenvalue weighted by molar-refractivity contribution is -0.142. The van der Waals surface area contributed by atoms with Gasteiger partial charge in [0, 0.05) is 0 Å². The minimum atomic E-state index is -4.51. The maximum atomic E-state index is 12.4. The molecule has 98 valence electrons. The standard InChI is InChI=1S/C12H11F3O2S/c1-2-8-17-11(16)10(18-12(13,14)15)9-6-4-3-5-7-9/h2-7,10H,1,8H2. The summed E-state index contributed by atoms with van der Waals surface area (Å²) in [6.07, 6.45) is 1.30. The maximum Gasteiger partial charge on any atom is 0.442 e. The first-order valence-electron chi connectivity index (χ1n) is 5.01. The van der Waals surface area contributed by atoms with Crippen LogP contribution in [0.25, 0.3) is 0 Å². The second-order valence-electron chi connectivity index (χ2n) is 3.27. The van der Waals surface area contributed by atoms with Gasteiger partial charge in [-0.05, 0) is 17.3 Å². The molecule has 0 fully saturated rings. The second-order valence-corrected chi connectivity index (χ2v) is 4.44. The topological polar surface area (TPSA) is 26.3 Å². The number of thioether (sulfide) groups is 1. The highest BCUT2D eigenvalue weighted by Gasteiger charge is 2.38. The molecule has 0 N–H and O–H groups in total. The highest BCUT2D eigenvalue weighted by molar-refractivity contribution is 8.01. The van der Waals surface area contributed by atoms with Crippen LogP contribution in [0.2, 0.25) is 0 Å². The molecule has 0 spiro atoms. The molecule has 0 heterocycles. The van der Waals surface area contributed by atoms with Gasteiger partial charge in [0.15, 0.2) is 0 Å². The predicted octanol–water partition coefficient (Wildman–Crippen LogP) is 3.71. The number of carbonyl (C=O) groups excluding carboxylic acids is 1. The van der Waals surface area contributed by atoms with Crippen molar-refractivity contribution in [3.8, 4) is 0 Å². The van der Waals surface area contributed by atoms with Crippen LogP contribution in [0.1, 0.15) is 10.8 Å². The summed E-state index contributed by atoms with van der Waals surface area (Å²) in [5.74, 6) is -0.927. The Morgan fingerprint density at radius 1 is 1.39 bits per heavy atom. The average molecular weight is 276 g/mol. The van der Waals surface area contributed by atoms with Crippen LogP contribution in [0.15, 0.2) is 43.0 Å². The lowest BCUT2D eigenvalue weighted by Crippen LogP contribution is -2.17. The lowest BCUT2D eigenvalue weighted by atomic mass is 10.1. The van der Waals surface area contributed by atoms with Crippen LogP contribution in [0.5, 0.6) is 0 Å². The first-order chi connectivity index (χ1) is 8.44. The van der Waals surface area contributed by atoms with E-state index in [1.165, 1.54) is 18.2 Å². The van der Waals surface area contributed by atoms with Crippen molar-refractivity contribution in [3.63, 3.8) is 0 Å². The summed E-state index contributed by atoms with van der Waals surface area (Å²) >= 11 is -0.395. The molecule has 6 heteroatoms. The highest BCUT2D eigenvalue weighted by Crippen LogP contribution is 2.42. The summed E-state index contributed by atoms with van der Waals surface area (Å²) < 4.78 is 41.9. The molecule has 1 unspecified atom stereocenters. The molecule has 2 nitrogen and oxygen atoms in total. The molecule has 0 amide bonds. The van der Waals surface area contributed by atoms with Crippen molar-refractivity contribution in [2.75, 3.05) is 6.61 Å². The molecule has 1 aromatic carbocycles. The van der Waals surface area contributed by atoms with Crippen LogP contribution in [0.4, 0.5) is 13.2 Å². The summed E-state index contributed by atoms with van der Waals surface area (Å²) in [4.78, 5) is 11.6. The Hall–Kier alpha value is -1.43.